The Morgan fingerprint density at radius 3 is 2.73 bits per heavy atom. The van der Waals surface area contributed by atoms with Crippen molar-refractivity contribution in [3.8, 4) is 17.4 Å². The first kappa shape index (κ1) is 24.8. The Morgan fingerprint density at radius 1 is 1.24 bits per heavy atom. The molecule has 1 fully saturated rings. The zero-order valence-electron chi connectivity index (χ0n) is 20.9. The summed E-state index contributed by atoms with van der Waals surface area (Å²) in [6.07, 6.45) is 3.37. The summed E-state index contributed by atoms with van der Waals surface area (Å²) >= 11 is 0. The summed E-state index contributed by atoms with van der Waals surface area (Å²) in [6.45, 7) is 5.98. The molecule has 1 aliphatic carbocycles. The van der Waals surface area contributed by atoms with Gasteiger partial charge in [-0.2, -0.15) is 4.52 Å². The van der Waals surface area contributed by atoms with E-state index < -0.39 is 6.10 Å². The third kappa shape index (κ3) is 5.16. The quantitative estimate of drug-likeness (QED) is 0.338. The predicted octanol–water partition coefficient (Wildman–Crippen LogP) is 2.19. The first-order valence-electron chi connectivity index (χ1n) is 12.1. The van der Waals surface area contributed by atoms with E-state index in [1.807, 2.05) is 26.8 Å². The van der Waals surface area contributed by atoms with Gasteiger partial charge in [-0.05, 0) is 42.9 Å². The maximum atomic E-state index is 12.5. The third-order valence-electron chi connectivity index (χ3n) is 6.35. The number of ether oxygens (including phenoxy) is 1. The Kier molecular flexibility index (Phi) is 6.61. The highest BCUT2D eigenvalue weighted by atomic mass is 16.5. The molecule has 5 rings (SSSR count). The van der Waals surface area contributed by atoms with Gasteiger partial charge in [-0.25, -0.2) is 0 Å². The molecule has 2 atom stereocenters. The summed E-state index contributed by atoms with van der Waals surface area (Å²) in [5, 5.41) is 39.1. The number of rotatable bonds is 7. The molecular formula is C25H29N7O5. The van der Waals surface area contributed by atoms with Gasteiger partial charge in [-0.3, -0.25) is 9.78 Å². The summed E-state index contributed by atoms with van der Waals surface area (Å²) in [4.78, 5) is 16.9. The predicted molar refractivity (Wildman–Crippen MR) is 131 cm³/mol. The van der Waals surface area contributed by atoms with Crippen LogP contribution in [0.2, 0.25) is 0 Å². The highest BCUT2D eigenvalue weighted by molar-refractivity contribution is 5.94. The minimum atomic E-state index is -0.501. The summed E-state index contributed by atoms with van der Waals surface area (Å²) in [6, 6.07) is 6.63. The molecule has 1 amide bonds. The fourth-order valence-corrected chi connectivity index (χ4v) is 4.26. The molecule has 0 aromatic carbocycles. The van der Waals surface area contributed by atoms with Crippen molar-refractivity contribution in [1.82, 2.24) is 35.3 Å². The molecule has 0 saturated heterocycles. The van der Waals surface area contributed by atoms with Gasteiger partial charge in [-0.15, -0.1) is 15.3 Å². The number of aromatic nitrogens is 6. The topological polar surface area (TPSA) is 161 Å². The summed E-state index contributed by atoms with van der Waals surface area (Å²) in [5.74, 6) is 0.776. The molecule has 0 bridgehead atoms. The molecule has 0 spiro atoms. The zero-order chi connectivity index (χ0) is 26.2. The van der Waals surface area contributed by atoms with Crippen molar-refractivity contribution >= 4 is 11.6 Å². The van der Waals surface area contributed by atoms with E-state index in [1.54, 1.807) is 18.2 Å². The molecule has 3 N–H and O–H groups in total. The molecule has 0 radical (unpaired) electrons. The van der Waals surface area contributed by atoms with Gasteiger partial charge in [0, 0.05) is 17.8 Å². The number of amides is 1. The molecule has 0 unspecified atom stereocenters. The largest absolute Gasteiger partial charge is 0.470 e. The smallest absolute Gasteiger partial charge is 0.253 e. The van der Waals surface area contributed by atoms with E-state index in [2.05, 4.69) is 30.8 Å². The van der Waals surface area contributed by atoms with E-state index in [9.17, 15) is 15.0 Å². The third-order valence-corrected chi connectivity index (χ3v) is 6.35. The van der Waals surface area contributed by atoms with Gasteiger partial charge >= 0.3 is 0 Å². The number of pyridine rings is 1. The molecule has 1 saturated carbocycles. The van der Waals surface area contributed by atoms with Gasteiger partial charge in [0.2, 0.25) is 11.7 Å². The highest BCUT2D eigenvalue weighted by Crippen LogP contribution is 2.32. The molecule has 4 aromatic rings. The monoisotopic (exact) mass is 507 g/mol. The number of carbonyl (C=O) groups excluding carboxylic acids is 1. The fourth-order valence-electron chi connectivity index (χ4n) is 4.26. The second-order valence-electron chi connectivity index (χ2n) is 10.1. The second-order valence-corrected chi connectivity index (χ2v) is 10.1. The van der Waals surface area contributed by atoms with Gasteiger partial charge in [0.15, 0.2) is 17.1 Å². The van der Waals surface area contributed by atoms with E-state index in [1.165, 1.54) is 10.7 Å². The normalized spacial score (nSPS) is 17.9. The van der Waals surface area contributed by atoms with Gasteiger partial charge < -0.3 is 24.8 Å². The second kappa shape index (κ2) is 9.87. The minimum absolute atomic E-state index is 0.126. The van der Waals surface area contributed by atoms with Crippen molar-refractivity contribution in [2.75, 3.05) is 0 Å². The van der Waals surface area contributed by atoms with E-state index >= 15 is 0 Å². The highest BCUT2D eigenvalue weighted by Gasteiger charge is 2.27. The molecule has 12 heteroatoms. The Balaban J connectivity index is 1.36. The molecule has 37 heavy (non-hydrogen) atoms. The Bertz CT molecular complexity index is 1410. The SMILES string of the molecule is CC(C)(C)c1cc2nnc(-c3cc(CO)on3)n2nc1OCc1ccc(C(=O)N[C@H]2CCC[C@@H]2O)cn1. The fraction of sp³-hybridized carbons (Fsp3) is 0.440. The van der Waals surface area contributed by atoms with E-state index in [4.69, 9.17) is 9.26 Å². The minimum Gasteiger partial charge on any atom is -0.470 e. The number of carbonyl (C=O) groups is 1. The average molecular weight is 508 g/mol. The van der Waals surface area contributed by atoms with E-state index in [0.29, 0.717) is 46.5 Å². The van der Waals surface area contributed by atoms with Crippen LogP contribution in [0.25, 0.3) is 17.2 Å². The molecule has 1 aliphatic rings. The van der Waals surface area contributed by atoms with Crippen LogP contribution in [0.4, 0.5) is 0 Å². The van der Waals surface area contributed by atoms with Crippen LogP contribution in [0, 0.1) is 0 Å². The summed E-state index contributed by atoms with van der Waals surface area (Å²) < 4.78 is 12.7. The number of hydrogen-bond acceptors (Lipinski definition) is 10. The molecule has 4 aromatic heterocycles. The summed E-state index contributed by atoms with van der Waals surface area (Å²) in [7, 11) is 0. The lowest BCUT2D eigenvalue weighted by Gasteiger charge is -2.21. The van der Waals surface area contributed by atoms with Crippen LogP contribution in [0.5, 0.6) is 5.88 Å². The number of aliphatic hydroxyl groups is 2. The number of aliphatic hydroxyl groups excluding tert-OH is 2. The van der Waals surface area contributed by atoms with Crippen LogP contribution in [0.15, 0.2) is 35.0 Å². The maximum absolute atomic E-state index is 12.5. The first-order valence-corrected chi connectivity index (χ1v) is 12.1. The van der Waals surface area contributed by atoms with Crippen LogP contribution >= 0.6 is 0 Å². The van der Waals surface area contributed by atoms with Crippen LogP contribution in [-0.2, 0) is 18.6 Å². The maximum Gasteiger partial charge on any atom is 0.253 e. The molecule has 0 aliphatic heterocycles. The Morgan fingerprint density at radius 2 is 2.08 bits per heavy atom. The van der Waals surface area contributed by atoms with Crippen molar-refractivity contribution in [2.45, 2.75) is 70.8 Å². The molecule has 194 valence electrons. The number of fused-ring (bicyclic) bond motifs is 1. The van der Waals surface area contributed by atoms with E-state index in [0.717, 1.165) is 18.4 Å². The average Bonchev–Trinajstić information content (AvgIpc) is 3.61. The van der Waals surface area contributed by atoms with Crippen molar-refractivity contribution in [3.63, 3.8) is 0 Å². The molecule has 12 nitrogen and oxygen atoms in total. The van der Waals surface area contributed by atoms with Crippen molar-refractivity contribution in [1.29, 1.82) is 0 Å². The summed E-state index contributed by atoms with van der Waals surface area (Å²) in [5.41, 5.74) is 2.48. The first-order chi connectivity index (χ1) is 17.7. The van der Waals surface area contributed by atoms with Crippen molar-refractivity contribution in [2.24, 2.45) is 0 Å². The zero-order valence-corrected chi connectivity index (χ0v) is 20.9. The lowest BCUT2D eigenvalue weighted by molar-refractivity contribution is 0.0873. The Hall–Kier alpha value is -3.90. The van der Waals surface area contributed by atoms with Gasteiger partial charge in [0.1, 0.15) is 13.2 Å². The van der Waals surface area contributed by atoms with E-state index in [-0.39, 0.29) is 30.6 Å². The van der Waals surface area contributed by atoms with Gasteiger partial charge in [0.05, 0.1) is 23.4 Å². The van der Waals surface area contributed by atoms with Gasteiger partial charge in [0.25, 0.3) is 5.91 Å². The van der Waals surface area contributed by atoms with Crippen LogP contribution in [0.1, 0.15) is 67.4 Å². The lowest BCUT2D eigenvalue weighted by Crippen LogP contribution is -2.39. The van der Waals surface area contributed by atoms with Crippen LogP contribution in [0.3, 0.4) is 0 Å². The Labute approximate surface area is 212 Å². The van der Waals surface area contributed by atoms with Crippen molar-refractivity contribution < 1.29 is 24.3 Å². The number of nitrogens with one attached hydrogen (secondary N) is 1. The molecule has 4 heterocycles. The standard InChI is InChI=1S/C25H29N7O5/c1-25(2,3)17-10-21-28-29-22(19-9-16(12-33)37-31-19)32(21)30-24(17)36-13-15-8-7-14(11-26-15)23(35)27-18-5-4-6-20(18)34/h7-11,18,20,33-34H,4-6,12-13H2,1-3H3,(H,27,35)/t18-,20-/m0/s1. The van der Waals surface area contributed by atoms with Crippen LogP contribution < -0.4 is 10.1 Å². The molecular weight excluding hydrogens is 478 g/mol. The number of hydrogen-bond donors (Lipinski definition) is 3. The number of nitrogens with zero attached hydrogens (tertiary/aromatic N) is 6. The van der Waals surface area contributed by atoms with Gasteiger partial charge in [-0.1, -0.05) is 25.9 Å². The van der Waals surface area contributed by atoms with Crippen molar-refractivity contribution in [3.05, 3.63) is 53.0 Å². The lowest BCUT2D eigenvalue weighted by atomic mass is 9.88. The van der Waals surface area contributed by atoms with Crippen LogP contribution in [-0.4, -0.2) is 58.2 Å².